The van der Waals surface area contributed by atoms with Crippen LogP contribution in [-0.2, 0) is 9.53 Å². The van der Waals surface area contributed by atoms with Crippen LogP contribution in [0.1, 0.15) is 51.5 Å². The largest absolute Gasteiger partial charge is 0.493 e. The molecule has 1 fully saturated rings. The zero-order valence-corrected chi connectivity index (χ0v) is 14.7. The molecule has 1 aliphatic rings. The lowest BCUT2D eigenvalue weighted by Gasteiger charge is -2.34. The molecule has 1 amide bonds. The van der Waals surface area contributed by atoms with Crippen LogP contribution in [0.4, 0.5) is 5.69 Å². The molecule has 0 saturated heterocycles. The van der Waals surface area contributed by atoms with Gasteiger partial charge in [-0.05, 0) is 37.0 Å². The van der Waals surface area contributed by atoms with Crippen molar-refractivity contribution >= 4 is 11.6 Å². The monoisotopic (exact) mass is 330 g/mol. The van der Waals surface area contributed by atoms with Gasteiger partial charge in [0.1, 0.15) is 17.4 Å². The number of methoxy groups -OCH3 is 1. The molecule has 0 heterocycles. The van der Waals surface area contributed by atoms with Crippen LogP contribution >= 0.6 is 0 Å². The minimum atomic E-state index is -0.780. The van der Waals surface area contributed by atoms with Crippen molar-refractivity contribution in [2.45, 2.75) is 51.6 Å². The average Bonchev–Trinajstić information content (AvgIpc) is 2.61. The molecular formula is C19H26N2O3. The van der Waals surface area contributed by atoms with Crippen LogP contribution in [0.15, 0.2) is 18.2 Å². The maximum Gasteiger partial charge on any atom is 0.256 e. The van der Waals surface area contributed by atoms with Gasteiger partial charge < -0.3 is 14.8 Å². The summed E-state index contributed by atoms with van der Waals surface area (Å²) >= 11 is 0. The van der Waals surface area contributed by atoms with Gasteiger partial charge in [-0.3, -0.25) is 4.79 Å². The summed E-state index contributed by atoms with van der Waals surface area (Å²) in [5.74, 6) is 0.872. The number of hydrogen-bond donors (Lipinski definition) is 1. The van der Waals surface area contributed by atoms with E-state index in [0.29, 0.717) is 42.4 Å². The lowest BCUT2D eigenvalue weighted by atomic mass is 9.84. The standard InChI is InChI=1S/C19H26N2O3/c1-14(2)13-24-16-7-8-17(15(11-16)12-20)21-18(22)19(23-3)9-5-4-6-10-19/h7-8,11,14H,4-6,9-10,13H2,1-3H3,(H,21,22). The van der Waals surface area contributed by atoms with Crippen LogP contribution in [0.3, 0.4) is 0 Å². The Morgan fingerprint density at radius 1 is 1.33 bits per heavy atom. The van der Waals surface area contributed by atoms with E-state index in [9.17, 15) is 10.1 Å². The molecule has 24 heavy (non-hydrogen) atoms. The molecule has 0 bridgehead atoms. The molecular weight excluding hydrogens is 304 g/mol. The van der Waals surface area contributed by atoms with E-state index in [2.05, 4.69) is 25.2 Å². The van der Waals surface area contributed by atoms with Gasteiger partial charge >= 0.3 is 0 Å². The van der Waals surface area contributed by atoms with E-state index >= 15 is 0 Å². The quantitative estimate of drug-likeness (QED) is 0.859. The molecule has 0 atom stereocenters. The van der Waals surface area contributed by atoms with Crippen molar-refractivity contribution in [3.8, 4) is 11.8 Å². The summed E-state index contributed by atoms with van der Waals surface area (Å²) in [6, 6.07) is 7.29. The predicted octanol–water partition coefficient (Wildman–Crippen LogP) is 3.88. The number of amides is 1. The molecule has 1 saturated carbocycles. The Morgan fingerprint density at radius 2 is 2.04 bits per heavy atom. The van der Waals surface area contributed by atoms with Gasteiger partial charge in [0.05, 0.1) is 17.9 Å². The Kier molecular flexibility index (Phi) is 6.22. The Hall–Kier alpha value is -2.06. The smallest absolute Gasteiger partial charge is 0.256 e. The number of nitrogens with zero attached hydrogens (tertiary/aromatic N) is 1. The molecule has 5 nitrogen and oxygen atoms in total. The van der Waals surface area contributed by atoms with E-state index in [-0.39, 0.29) is 5.91 Å². The first-order chi connectivity index (χ1) is 11.5. The van der Waals surface area contributed by atoms with Gasteiger partial charge in [-0.25, -0.2) is 0 Å². The van der Waals surface area contributed by atoms with Crippen molar-refractivity contribution in [2.24, 2.45) is 5.92 Å². The van der Waals surface area contributed by atoms with Crippen molar-refractivity contribution in [1.29, 1.82) is 5.26 Å². The fourth-order valence-electron chi connectivity index (χ4n) is 2.96. The molecule has 2 rings (SSSR count). The highest BCUT2D eigenvalue weighted by molar-refractivity contribution is 5.98. The fraction of sp³-hybridized carbons (Fsp3) is 0.579. The van der Waals surface area contributed by atoms with Crippen molar-refractivity contribution in [3.63, 3.8) is 0 Å². The fourth-order valence-corrected chi connectivity index (χ4v) is 2.96. The van der Waals surface area contributed by atoms with E-state index in [1.54, 1.807) is 25.3 Å². The molecule has 1 aromatic rings. The van der Waals surface area contributed by atoms with Crippen molar-refractivity contribution in [2.75, 3.05) is 19.0 Å². The lowest BCUT2D eigenvalue weighted by Crippen LogP contribution is -2.46. The SMILES string of the molecule is COC1(C(=O)Nc2ccc(OCC(C)C)cc2C#N)CCCCC1. The number of carbonyl (C=O) groups excluding carboxylic acids is 1. The van der Waals surface area contributed by atoms with Gasteiger partial charge in [0.15, 0.2) is 0 Å². The highest BCUT2D eigenvalue weighted by atomic mass is 16.5. The number of nitrogens with one attached hydrogen (secondary N) is 1. The van der Waals surface area contributed by atoms with E-state index in [0.717, 1.165) is 19.3 Å². The highest BCUT2D eigenvalue weighted by Gasteiger charge is 2.39. The summed E-state index contributed by atoms with van der Waals surface area (Å²) in [5.41, 5.74) is 0.116. The molecule has 0 unspecified atom stereocenters. The number of rotatable bonds is 6. The molecule has 1 N–H and O–H groups in total. The molecule has 1 aromatic carbocycles. The van der Waals surface area contributed by atoms with E-state index in [1.165, 1.54) is 0 Å². The van der Waals surface area contributed by atoms with Crippen molar-refractivity contribution in [1.82, 2.24) is 0 Å². The van der Waals surface area contributed by atoms with Gasteiger partial charge in [0.2, 0.25) is 0 Å². The number of ether oxygens (including phenoxy) is 2. The molecule has 0 spiro atoms. The Bertz CT molecular complexity index is 614. The normalized spacial score (nSPS) is 16.5. The molecule has 130 valence electrons. The summed E-state index contributed by atoms with van der Waals surface area (Å²) in [5, 5.41) is 12.2. The number of hydrogen-bond acceptors (Lipinski definition) is 4. The Balaban J connectivity index is 2.13. The van der Waals surface area contributed by atoms with Gasteiger partial charge in [0.25, 0.3) is 5.91 Å². The third-order valence-electron chi connectivity index (χ3n) is 4.41. The second-order valence-corrected chi connectivity index (χ2v) is 6.74. The highest BCUT2D eigenvalue weighted by Crippen LogP contribution is 2.33. The van der Waals surface area contributed by atoms with Crippen LogP contribution in [0.25, 0.3) is 0 Å². The predicted molar refractivity (Wildman–Crippen MR) is 92.9 cm³/mol. The van der Waals surface area contributed by atoms with E-state index in [1.807, 2.05) is 0 Å². The average molecular weight is 330 g/mol. The second-order valence-electron chi connectivity index (χ2n) is 6.74. The van der Waals surface area contributed by atoms with Gasteiger partial charge in [-0.1, -0.05) is 33.1 Å². The van der Waals surface area contributed by atoms with Gasteiger partial charge in [-0.15, -0.1) is 0 Å². The minimum Gasteiger partial charge on any atom is -0.493 e. The molecule has 5 heteroatoms. The van der Waals surface area contributed by atoms with E-state index in [4.69, 9.17) is 9.47 Å². The van der Waals surface area contributed by atoms with Crippen LogP contribution in [0.5, 0.6) is 5.75 Å². The minimum absolute atomic E-state index is 0.169. The molecule has 1 aliphatic carbocycles. The third-order valence-corrected chi connectivity index (χ3v) is 4.41. The number of anilines is 1. The second kappa shape index (κ2) is 8.16. The molecule has 0 radical (unpaired) electrons. The third kappa shape index (κ3) is 4.27. The van der Waals surface area contributed by atoms with Crippen LogP contribution in [-0.4, -0.2) is 25.2 Å². The van der Waals surface area contributed by atoms with Crippen molar-refractivity contribution in [3.05, 3.63) is 23.8 Å². The van der Waals surface area contributed by atoms with Crippen LogP contribution < -0.4 is 10.1 Å². The lowest BCUT2D eigenvalue weighted by molar-refractivity contribution is -0.141. The van der Waals surface area contributed by atoms with Crippen LogP contribution in [0.2, 0.25) is 0 Å². The summed E-state index contributed by atoms with van der Waals surface area (Å²) < 4.78 is 11.2. The Labute approximate surface area is 144 Å². The zero-order chi connectivity index (χ0) is 17.6. The van der Waals surface area contributed by atoms with Gasteiger partial charge in [0, 0.05) is 7.11 Å². The van der Waals surface area contributed by atoms with E-state index < -0.39 is 5.60 Å². The summed E-state index contributed by atoms with van der Waals surface area (Å²) in [6.45, 7) is 4.71. The maximum absolute atomic E-state index is 12.7. The molecule has 0 aromatic heterocycles. The number of benzene rings is 1. The van der Waals surface area contributed by atoms with Gasteiger partial charge in [-0.2, -0.15) is 5.26 Å². The Morgan fingerprint density at radius 3 is 2.62 bits per heavy atom. The zero-order valence-electron chi connectivity index (χ0n) is 14.7. The topological polar surface area (TPSA) is 71.3 Å². The summed E-state index contributed by atoms with van der Waals surface area (Å²) in [4.78, 5) is 12.7. The summed E-state index contributed by atoms with van der Waals surface area (Å²) in [7, 11) is 1.58. The first kappa shape index (κ1) is 18.3. The van der Waals surface area contributed by atoms with Crippen molar-refractivity contribution < 1.29 is 14.3 Å². The first-order valence-electron chi connectivity index (χ1n) is 8.54. The number of carbonyl (C=O) groups is 1. The summed E-state index contributed by atoms with van der Waals surface area (Å²) in [6.07, 6.45) is 4.52. The maximum atomic E-state index is 12.7. The van der Waals surface area contributed by atoms with Crippen LogP contribution in [0, 0.1) is 17.2 Å². The molecule has 0 aliphatic heterocycles. The first-order valence-corrected chi connectivity index (χ1v) is 8.54. The number of nitriles is 1.